The maximum Gasteiger partial charge on any atom is 0.0576 e. The first-order valence-corrected chi connectivity index (χ1v) is 4.40. The third kappa shape index (κ3) is 5.09. The van der Waals surface area contributed by atoms with Crippen molar-refractivity contribution in [3.05, 3.63) is 23.5 Å². The number of nitrogens with zero attached hydrogens (tertiary/aromatic N) is 1. The highest BCUT2D eigenvalue weighted by Crippen LogP contribution is 1.97. The van der Waals surface area contributed by atoms with E-state index in [1.807, 2.05) is 38.1 Å². The van der Waals surface area contributed by atoms with Crippen LogP contribution in [0.3, 0.4) is 0 Å². The fourth-order valence-electron chi connectivity index (χ4n) is 0.595. The summed E-state index contributed by atoms with van der Waals surface area (Å²) in [5, 5.41) is 1.90. The van der Waals surface area contributed by atoms with Crippen molar-refractivity contribution in [1.29, 1.82) is 0 Å². The van der Waals surface area contributed by atoms with Crippen molar-refractivity contribution < 1.29 is 0 Å². The van der Waals surface area contributed by atoms with Crippen molar-refractivity contribution in [2.75, 3.05) is 12.9 Å². The van der Waals surface area contributed by atoms with Gasteiger partial charge in [0.15, 0.2) is 0 Å². The molecule has 0 fully saturated rings. The molecule has 0 aliphatic rings. The predicted octanol–water partition coefficient (Wildman–Crippen LogP) is 1.08. The first-order chi connectivity index (χ1) is 5.57. The zero-order valence-electron chi connectivity index (χ0n) is 7.83. The van der Waals surface area contributed by atoms with E-state index in [0.29, 0.717) is 5.88 Å². The molecule has 70 valence electrons. The molecule has 3 N–H and O–H groups in total. The average Bonchev–Trinajstić information content (AvgIpc) is 2.00. The van der Waals surface area contributed by atoms with E-state index in [2.05, 4.69) is 18.1 Å². The van der Waals surface area contributed by atoms with E-state index in [-0.39, 0.29) is 0 Å². The van der Waals surface area contributed by atoms with Crippen molar-refractivity contribution >= 4 is 12.6 Å². The van der Waals surface area contributed by atoms with Crippen LogP contribution in [0.5, 0.6) is 0 Å². The number of hydrogen-bond acceptors (Lipinski definition) is 4. The van der Waals surface area contributed by atoms with Crippen molar-refractivity contribution in [1.82, 2.24) is 10.4 Å². The SMILES string of the molecule is C/C(N)=C\C=C(/C)N(C)NCS. The molecule has 0 aromatic rings. The largest absolute Gasteiger partial charge is 0.402 e. The maximum absolute atomic E-state index is 5.48. The Kier molecular flexibility index (Phi) is 5.66. The lowest BCUT2D eigenvalue weighted by Crippen LogP contribution is -2.31. The molecule has 0 atom stereocenters. The molecular weight excluding hydrogens is 170 g/mol. The van der Waals surface area contributed by atoms with Crippen LogP contribution in [0.2, 0.25) is 0 Å². The highest BCUT2D eigenvalue weighted by Gasteiger charge is 1.93. The molecule has 0 saturated heterocycles. The Labute approximate surface area is 79.7 Å². The Morgan fingerprint density at radius 3 is 2.50 bits per heavy atom. The lowest BCUT2D eigenvalue weighted by atomic mass is 10.3. The van der Waals surface area contributed by atoms with Gasteiger partial charge in [0.2, 0.25) is 0 Å². The number of thiol groups is 1. The molecular formula is C8H17N3S. The highest BCUT2D eigenvalue weighted by atomic mass is 32.1. The molecule has 0 aliphatic carbocycles. The molecule has 0 bridgehead atoms. The summed E-state index contributed by atoms with van der Waals surface area (Å²) in [6.07, 6.45) is 3.82. The van der Waals surface area contributed by atoms with Gasteiger partial charge < -0.3 is 10.7 Å². The number of rotatable bonds is 4. The third-order valence-electron chi connectivity index (χ3n) is 1.42. The molecule has 0 amide bonds. The number of nitrogens with two attached hydrogens (primary N) is 1. The van der Waals surface area contributed by atoms with Gasteiger partial charge in [-0.25, -0.2) is 5.43 Å². The smallest absolute Gasteiger partial charge is 0.0576 e. The summed E-state index contributed by atoms with van der Waals surface area (Å²) in [6, 6.07) is 0. The number of nitrogens with one attached hydrogen (secondary N) is 1. The average molecular weight is 187 g/mol. The third-order valence-corrected chi connectivity index (χ3v) is 1.57. The first-order valence-electron chi connectivity index (χ1n) is 3.76. The Hall–Kier alpha value is -0.610. The van der Waals surface area contributed by atoms with Crippen LogP contribution in [0.25, 0.3) is 0 Å². The molecule has 3 nitrogen and oxygen atoms in total. The van der Waals surface area contributed by atoms with Gasteiger partial charge in [-0.15, -0.1) is 0 Å². The lowest BCUT2D eigenvalue weighted by molar-refractivity contribution is 0.327. The predicted molar refractivity (Wildman–Crippen MR) is 56.5 cm³/mol. The number of hydrazine groups is 1. The van der Waals surface area contributed by atoms with Crippen molar-refractivity contribution in [2.24, 2.45) is 5.73 Å². The minimum atomic E-state index is 0.618. The van der Waals surface area contributed by atoms with Crippen LogP contribution < -0.4 is 11.2 Å². The Morgan fingerprint density at radius 1 is 1.50 bits per heavy atom. The molecule has 0 unspecified atom stereocenters. The van der Waals surface area contributed by atoms with Gasteiger partial charge in [0.05, 0.1) is 5.88 Å². The quantitative estimate of drug-likeness (QED) is 0.267. The summed E-state index contributed by atoms with van der Waals surface area (Å²) < 4.78 is 0. The van der Waals surface area contributed by atoms with Gasteiger partial charge in [-0.05, 0) is 26.0 Å². The van der Waals surface area contributed by atoms with E-state index < -0.39 is 0 Å². The molecule has 4 heteroatoms. The summed E-state index contributed by atoms with van der Waals surface area (Å²) in [6.45, 7) is 3.85. The van der Waals surface area contributed by atoms with Gasteiger partial charge in [0, 0.05) is 18.4 Å². The Balaban J connectivity index is 4.08. The molecule has 12 heavy (non-hydrogen) atoms. The van der Waals surface area contributed by atoms with Gasteiger partial charge in [-0.3, -0.25) is 0 Å². The van der Waals surface area contributed by atoms with Crippen molar-refractivity contribution in [3.8, 4) is 0 Å². The maximum atomic E-state index is 5.48. The summed E-state index contributed by atoms with van der Waals surface area (Å²) in [5.74, 6) is 0.618. The second-order valence-corrected chi connectivity index (χ2v) is 2.91. The van der Waals surface area contributed by atoms with E-state index in [1.165, 1.54) is 0 Å². The van der Waals surface area contributed by atoms with Crippen LogP contribution >= 0.6 is 12.6 Å². The molecule has 0 aliphatic heterocycles. The van der Waals surface area contributed by atoms with Crippen LogP contribution in [-0.4, -0.2) is 17.9 Å². The second-order valence-electron chi connectivity index (χ2n) is 2.59. The van der Waals surface area contributed by atoms with Gasteiger partial charge in [-0.2, -0.15) is 12.6 Å². The van der Waals surface area contributed by atoms with Crippen molar-refractivity contribution in [3.63, 3.8) is 0 Å². The van der Waals surface area contributed by atoms with E-state index >= 15 is 0 Å². The van der Waals surface area contributed by atoms with Gasteiger partial charge in [0.1, 0.15) is 0 Å². The normalized spacial score (nSPS) is 13.3. The standard InChI is InChI=1S/C8H17N3S/c1-7(9)4-5-8(2)11(3)10-6-12/h4-5,10,12H,6,9H2,1-3H3/b7-4+,8-5+. The topological polar surface area (TPSA) is 41.3 Å². The first kappa shape index (κ1) is 11.4. The van der Waals surface area contributed by atoms with E-state index in [9.17, 15) is 0 Å². The molecule has 0 spiro atoms. The van der Waals surface area contributed by atoms with Crippen LogP contribution in [0, 0.1) is 0 Å². The molecule has 0 heterocycles. The lowest BCUT2D eigenvalue weighted by Gasteiger charge is -2.19. The van der Waals surface area contributed by atoms with Crippen LogP contribution in [0.4, 0.5) is 0 Å². The number of allylic oxidation sites excluding steroid dienone is 4. The van der Waals surface area contributed by atoms with Gasteiger partial charge >= 0.3 is 0 Å². The molecule has 0 radical (unpaired) electrons. The van der Waals surface area contributed by atoms with Crippen LogP contribution in [0.15, 0.2) is 23.5 Å². The fourth-order valence-corrected chi connectivity index (χ4v) is 0.807. The summed E-state index contributed by atoms with van der Waals surface area (Å²) in [4.78, 5) is 0. The highest BCUT2D eigenvalue weighted by molar-refractivity contribution is 7.80. The summed E-state index contributed by atoms with van der Waals surface area (Å²) in [7, 11) is 1.93. The zero-order chi connectivity index (χ0) is 9.56. The fraction of sp³-hybridized carbons (Fsp3) is 0.500. The van der Waals surface area contributed by atoms with Crippen LogP contribution in [-0.2, 0) is 0 Å². The monoisotopic (exact) mass is 187 g/mol. The van der Waals surface area contributed by atoms with E-state index in [4.69, 9.17) is 5.73 Å². The molecule has 0 saturated carbocycles. The molecule has 0 aromatic carbocycles. The van der Waals surface area contributed by atoms with E-state index in [1.54, 1.807) is 0 Å². The minimum Gasteiger partial charge on any atom is -0.402 e. The molecule has 0 rings (SSSR count). The van der Waals surface area contributed by atoms with Gasteiger partial charge in [0.25, 0.3) is 0 Å². The number of hydrogen-bond donors (Lipinski definition) is 3. The van der Waals surface area contributed by atoms with Crippen molar-refractivity contribution in [2.45, 2.75) is 13.8 Å². The molecule has 0 aromatic heterocycles. The summed E-state index contributed by atoms with van der Waals surface area (Å²) in [5.41, 5.74) is 10.4. The Morgan fingerprint density at radius 2 is 2.08 bits per heavy atom. The van der Waals surface area contributed by atoms with Crippen LogP contribution in [0.1, 0.15) is 13.8 Å². The Bertz CT molecular complexity index is 183. The second kappa shape index (κ2) is 5.97. The minimum absolute atomic E-state index is 0.618. The zero-order valence-corrected chi connectivity index (χ0v) is 8.73. The summed E-state index contributed by atoms with van der Waals surface area (Å²) >= 11 is 4.04. The van der Waals surface area contributed by atoms with Gasteiger partial charge in [-0.1, -0.05) is 0 Å². The van der Waals surface area contributed by atoms with E-state index in [0.717, 1.165) is 11.4 Å².